The standard InChI is InChI=1S/C13H17BrN2O2/c1-16(2)11-5-3-4-9(14)12(11)10-6-8(7-15-10)13(17)18/h3-5,8,10,15H,6-7H2,1-2H3,(H,17,18). The van der Waals surface area contributed by atoms with Crippen LogP contribution in [0.2, 0.25) is 0 Å². The van der Waals surface area contributed by atoms with Gasteiger partial charge in [-0.25, -0.2) is 0 Å². The van der Waals surface area contributed by atoms with Crippen LogP contribution in [-0.2, 0) is 4.79 Å². The van der Waals surface area contributed by atoms with E-state index in [1.165, 1.54) is 0 Å². The number of benzene rings is 1. The fourth-order valence-corrected chi connectivity index (χ4v) is 3.04. The van der Waals surface area contributed by atoms with Crippen molar-refractivity contribution in [2.24, 2.45) is 5.92 Å². The van der Waals surface area contributed by atoms with Gasteiger partial charge in [0.1, 0.15) is 0 Å². The zero-order valence-corrected chi connectivity index (χ0v) is 12.1. The second-order valence-electron chi connectivity index (χ2n) is 4.80. The van der Waals surface area contributed by atoms with Crippen LogP contribution in [0.1, 0.15) is 18.0 Å². The second kappa shape index (κ2) is 5.28. The lowest BCUT2D eigenvalue weighted by Crippen LogP contribution is -2.19. The molecule has 1 fully saturated rings. The highest BCUT2D eigenvalue weighted by atomic mass is 79.9. The molecule has 1 saturated heterocycles. The topological polar surface area (TPSA) is 52.6 Å². The van der Waals surface area contributed by atoms with E-state index in [2.05, 4.69) is 32.2 Å². The van der Waals surface area contributed by atoms with Gasteiger partial charge in [0.2, 0.25) is 0 Å². The number of anilines is 1. The average Bonchev–Trinajstić information content (AvgIpc) is 2.77. The molecule has 98 valence electrons. The van der Waals surface area contributed by atoms with Crippen molar-refractivity contribution in [3.8, 4) is 0 Å². The summed E-state index contributed by atoms with van der Waals surface area (Å²) in [5.41, 5.74) is 2.26. The number of hydrogen-bond acceptors (Lipinski definition) is 3. The lowest BCUT2D eigenvalue weighted by atomic mass is 9.98. The fraction of sp³-hybridized carbons (Fsp3) is 0.462. The van der Waals surface area contributed by atoms with Crippen molar-refractivity contribution < 1.29 is 9.90 Å². The predicted octanol–water partition coefficient (Wildman–Crippen LogP) is 2.25. The van der Waals surface area contributed by atoms with Gasteiger partial charge in [-0.2, -0.15) is 0 Å². The van der Waals surface area contributed by atoms with Gasteiger partial charge in [0.15, 0.2) is 0 Å². The quantitative estimate of drug-likeness (QED) is 0.899. The summed E-state index contributed by atoms with van der Waals surface area (Å²) in [6.45, 7) is 0.536. The average molecular weight is 313 g/mol. The molecule has 0 bridgehead atoms. The van der Waals surface area contributed by atoms with Gasteiger partial charge < -0.3 is 15.3 Å². The molecule has 2 rings (SSSR count). The molecule has 18 heavy (non-hydrogen) atoms. The van der Waals surface area contributed by atoms with Gasteiger partial charge >= 0.3 is 5.97 Å². The Labute approximate surface area is 115 Å². The largest absolute Gasteiger partial charge is 0.481 e. The molecule has 0 amide bonds. The zero-order chi connectivity index (χ0) is 13.3. The molecule has 0 spiro atoms. The summed E-state index contributed by atoms with van der Waals surface area (Å²) in [7, 11) is 3.99. The van der Waals surface area contributed by atoms with E-state index in [0.29, 0.717) is 13.0 Å². The number of aliphatic carboxylic acids is 1. The first kappa shape index (κ1) is 13.4. The number of rotatable bonds is 3. The van der Waals surface area contributed by atoms with E-state index in [9.17, 15) is 4.79 Å². The molecule has 2 atom stereocenters. The molecule has 4 nitrogen and oxygen atoms in total. The Kier molecular flexibility index (Phi) is 3.92. The molecule has 1 aliphatic heterocycles. The third-order valence-electron chi connectivity index (χ3n) is 3.34. The molecule has 0 aromatic heterocycles. The molecule has 1 aromatic rings. The van der Waals surface area contributed by atoms with Crippen LogP contribution >= 0.6 is 15.9 Å². The van der Waals surface area contributed by atoms with Gasteiger partial charge in [0, 0.05) is 42.4 Å². The number of nitrogens with one attached hydrogen (secondary N) is 1. The van der Waals surface area contributed by atoms with Crippen LogP contribution in [0, 0.1) is 5.92 Å². The molecule has 2 unspecified atom stereocenters. The first-order valence-corrected chi connectivity index (χ1v) is 6.72. The summed E-state index contributed by atoms with van der Waals surface area (Å²) in [5, 5.41) is 12.4. The van der Waals surface area contributed by atoms with Crippen molar-refractivity contribution in [1.82, 2.24) is 5.32 Å². The summed E-state index contributed by atoms with van der Waals surface area (Å²) in [4.78, 5) is 13.1. The minimum Gasteiger partial charge on any atom is -0.481 e. The van der Waals surface area contributed by atoms with Crippen LogP contribution in [0.4, 0.5) is 5.69 Å². The highest BCUT2D eigenvalue weighted by Crippen LogP contribution is 2.37. The lowest BCUT2D eigenvalue weighted by Gasteiger charge is -2.22. The normalized spacial score (nSPS) is 23.1. The summed E-state index contributed by atoms with van der Waals surface area (Å²) >= 11 is 3.57. The third-order valence-corrected chi connectivity index (χ3v) is 4.03. The first-order chi connectivity index (χ1) is 8.50. The van der Waals surface area contributed by atoms with Gasteiger partial charge in [0.05, 0.1) is 5.92 Å². The lowest BCUT2D eigenvalue weighted by molar-refractivity contribution is -0.141. The Balaban J connectivity index is 2.31. The Morgan fingerprint density at radius 1 is 1.50 bits per heavy atom. The van der Waals surface area contributed by atoms with E-state index in [1.807, 2.05) is 26.2 Å². The number of hydrogen-bond donors (Lipinski definition) is 2. The maximum Gasteiger partial charge on any atom is 0.307 e. The highest BCUT2D eigenvalue weighted by molar-refractivity contribution is 9.10. The molecular weight excluding hydrogens is 296 g/mol. The van der Waals surface area contributed by atoms with Crippen molar-refractivity contribution >= 4 is 27.6 Å². The first-order valence-electron chi connectivity index (χ1n) is 5.92. The molecule has 1 aromatic carbocycles. The number of nitrogens with zero attached hydrogens (tertiary/aromatic N) is 1. The van der Waals surface area contributed by atoms with Gasteiger partial charge in [-0.05, 0) is 18.6 Å². The van der Waals surface area contributed by atoms with E-state index in [-0.39, 0.29) is 12.0 Å². The monoisotopic (exact) mass is 312 g/mol. The molecule has 2 N–H and O–H groups in total. The van der Waals surface area contributed by atoms with Gasteiger partial charge in [0.25, 0.3) is 0 Å². The smallest absolute Gasteiger partial charge is 0.307 e. The molecule has 1 heterocycles. The maximum absolute atomic E-state index is 11.0. The molecule has 5 heteroatoms. The molecular formula is C13H17BrN2O2. The Hall–Kier alpha value is -1.07. The third kappa shape index (κ3) is 2.52. The van der Waals surface area contributed by atoms with E-state index in [1.54, 1.807) is 0 Å². The number of carboxylic acids is 1. The zero-order valence-electron chi connectivity index (χ0n) is 10.5. The predicted molar refractivity (Wildman–Crippen MR) is 75.0 cm³/mol. The van der Waals surface area contributed by atoms with E-state index >= 15 is 0 Å². The van der Waals surface area contributed by atoms with Crippen LogP contribution in [0.5, 0.6) is 0 Å². The fourth-order valence-electron chi connectivity index (χ4n) is 2.40. The van der Waals surface area contributed by atoms with E-state index < -0.39 is 5.97 Å². The van der Waals surface area contributed by atoms with E-state index in [0.717, 1.165) is 15.7 Å². The van der Waals surface area contributed by atoms with Crippen molar-refractivity contribution in [3.63, 3.8) is 0 Å². The minimum absolute atomic E-state index is 0.0964. The van der Waals surface area contributed by atoms with Gasteiger partial charge in [-0.3, -0.25) is 4.79 Å². The molecule has 0 radical (unpaired) electrons. The maximum atomic E-state index is 11.0. The van der Waals surface area contributed by atoms with Crippen molar-refractivity contribution in [2.45, 2.75) is 12.5 Å². The van der Waals surface area contributed by atoms with Crippen LogP contribution < -0.4 is 10.2 Å². The van der Waals surface area contributed by atoms with Crippen LogP contribution in [-0.4, -0.2) is 31.7 Å². The Morgan fingerprint density at radius 2 is 2.22 bits per heavy atom. The number of halogens is 1. The van der Waals surface area contributed by atoms with Crippen LogP contribution in [0.15, 0.2) is 22.7 Å². The van der Waals surface area contributed by atoms with Crippen molar-refractivity contribution in [2.75, 3.05) is 25.5 Å². The molecule has 1 aliphatic rings. The van der Waals surface area contributed by atoms with Crippen molar-refractivity contribution in [1.29, 1.82) is 0 Å². The van der Waals surface area contributed by atoms with Gasteiger partial charge in [-0.15, -0.1) is 0 Å². The van der Waals surface area contributed by atoms with Crippen molar-refractivity contribution in [3.05, 3.63) is 28.2 Å². The summed E-state index contributed by atoms with van der Waals surface area (Å²) in [6.07, 6.45) is 0.638. The molecule has 0 saturated carbocycles. The summed E-state index contributed by atoms with van der Waals surface area (Å²) in [5.74, 6) is -1.01. The number of carbonyl (C=O) groups is 1. The van der Waals surface area contributed by atoms with Crippen LogP contribution in [0.25, 0.3) is 0 Å². The van der Waals surface area contributed by atoms with Crippen LogP contribution in [0.3, 0.4) is 0 Å². The van der Waals surface area contributed by atoms with E-state index in [4.69, 9.17) is 5.11 Å². The summed E-state index contributed by atoms with van der Waals surface area (Å²) in [6, 6.07) is 6.14. The Morgan fingerprint density at radius 3 is 2.78 bits per heavy atom. The minimum atomic E-state index is -0.719. The summed E-state index contributed by atoms with van der Waals surface area (Å²) < 4.78 is 1.03. The molecule has 0 aliphatic carbocycles. The SMILES string of the molecule is CN(C)c1cccc(Br)c1C1CC(C(=O)O)CN1. The number of carboxylic acid groups (broad SMARTS) is 1. The Bertz CT molecular complexity index is 462. The highest BCUT2D eigenvalue weighted by Gasteiger charge is 2.32. The second-order valence-corrected chi connectivity index (χ2v) is 5.65. The van der Waals surface area contributed by atoms with Gasteiger partial charge in [-0.1, -0.05) is 22.0 Å².